The number of alkyl halides is 6. The van der Waals surface area contributed by atoms with Crippen molar-refractivity contribution >= 4 is 0 Å². The standard InChI is InChI=1S/C42H48F6/c1-37(2,3)35-31(26-39(6,7)41(43,44)45)23-28(24-32(35)27-40(8,9)42(46,47)48)25-38(4,5)36-33(29-17-12-10-13-18-29)21-16-22-34(36)30-19-14-11-15-20-30/h10-24H,25-27H2,1-9H3. The van der Waals surface area contributed by atoms with Gasteiger partial charge in [-0.3, -0.25) is 0 Å². The molecule has 0 nitrogen and oxygen atoms in total. The maximum Gasteiger partial charge on any atom is 0.394 e. The van der Waals surface area contributed by atoms with Crippen LogP contribution < -0.4 is 0 Å². The SMILES string of the molecule is CC(C)(C)c1c(CC(C)(C)C(F)(F)F)cc(CC(C)(C)c2c(-c3ccccc3)cccc2-c2ccccc2)cc1CC(C)(C)C(F)(F)F. The molecule has 0 unspecified atom stereocenters. The van der Waals surface area contributed by atoms with Crippen molar-refractivity contribution in [1.29, 1.82) is 0 Å². The minimum Gasteiger partial charge on any atom is -0.171 e. The Balaban J connectivity index is 1.99. The summed E-state index contributed by atoms with van der Waals surface area (Å²) in [6, 6.07) is 29.9. The number of halogens is 6. The predicted octanol–water partition coefficient (Wildman–Crippen LogP) is 13.1. The molecule has 0 heterocycles. The van der Waals surface area contributed by atoms with Crippen LogP contribution in [-0.4, -0.2) is 12.4 Å². The maximum absolute atomic E-state index is 14.3. The van der Waals surface area contributed by atoms with E-state index in [-0.39, 0.29) is 12.8 Å². The van der Waals surface area contributed by atoms with Crippen LogP contribution in [-0.2, 0) is 30.1 Å². The first kappa shape index (κ1) is 37.3. The third-order valence-corrected chi connectivity index (χ3v) is 9.47. The first-order valence-corrected chi connectivity index (χ1v) is 16.5. The van der Waals surface area contributed by atoms with Crippen LogP contribution in [0.1, 0.15) is 90.1 Å². The molecule has 4 aromatic carbocycles. The van der Waals surface area contributed by atoms with Gasteiger partial charge in [0.15, 0.2) is 0 Å². The van der Waals surface area contributed by atoms with Crippen LogP contribution in [0, 0.1) is 10.8 Å². The molecule has 258 valence electrons. The molecule has 0 aliphatic rings. The fraction of sp³-hybridized carbons (Fsp3) is 0.429. The lowest BCUT2D eigenvalue weighted by molar-refractivity contribution is -0.211. The largest absolute Gasteiger partial charge is 0.394 e. The van der Waals surface area contributed by atoms with Crippen molar-refractivity contribution in [3.8, 4) is 22.3 Å². The van der Waals surface area contributed by atoms with Gasteiger partial charge >= 0.3 is 12.4 Å². The minimum absolute atomic E-state index is 0.341. The molecule has 0 saturated heterocycles. The molecule has 0 amide bonds. The van der Waals surface area contributed by atoms with E-state index in [1.54, 1.807) is 0 Å². The van der Waals surface area contributed by atoms with Crippen LogP contribution in [0.25, 0.3) is 22.3 Å². The fourth-order valence-electron chi connectivity index (χ4n) is 6.93. The van der Waals surface area contributed by atoms with Crippen molar-refractivity contribution in [2.45, 2.75) is 105 Å². The van der Waals surface area contributed by atoms with Crippen LogP contribution in [0.15, 0.2) is 91.0 Å². The zero-order chi connectivity index (χ0) is 35.9. The molecule has 0 spiro atoms. The molecule has 4 aromatic rings. The van der Waals surface area contributed by atoms with E-state index in [4.69, 9.17) is 0 Å². The molecule has 48 heavy (non-hydrogen) atoms. The Hall–Kier alpha value is -3.54. The van der Waals surface area contributed by atoms with Crippen molar-refractivity contribution in [1.82, 2.24) is 0 Å². The van der Waals surface area contributed by atoms with Gasteiger partial charge in [-0.25, -0.2) is 0 Å². The van der Waals surface area contributed by atoms with Gasteiger partial charge in [0, 0.05) is 0 Å². The third kappa shape index (κ3) is 8.01. The van der Waals surface area contributed by atoms with E-state index < -0.39 is 34.0 Å². The number of rotatable bonds is 9. The van der Waals surface area contributed by atoms with Crippen LogP contribution in [0.2, 0.25) is 0 Å². The summed E-state index contributed by atoms with van der Waals surface area (Å²) in [5, 5.41) is 0. The van der Waals surface area contributed by atoms with Gasteiger partial charge in [0.2, 0.25) is 0 Å². The van der Waals surface area contributed by atoms with Crippen molar-refractivity contribution in [3.63, 3.8) is 0 Å². The molecule has 0 aromatic heterocycles. The van der Waals surface area contributed by atoms with Crippen molar-refractivity contribution < 1.29 is 26.3 Å². The van der Waals surface area contributed by atoms with Gasteiger partial charge in [-0.2, -0.15) is 26.3 Å². The zero-order valence-electron chi connectivity index (χ0n) is 29.5. The molecule has 4 rings (SSSR count). The fourth-order valence-corrected chi connectivity index (χ4v) is 6.93. The summed E-state index contributed by atoms with van der Waals surface area (Å²) in [5.74, 6) is 0. The van der Waals surface area contributed by atoms with Gasteiger partial charge < -0.3 is 0 Å². The summed E-state index contributed by atoms with van der Waals surface area (Å²) in [7, 11) is 0. The Labute approximate surface area is 282 Å². The average Bonchev–Trinajstić information content (AvgIpc) is 2.95. The first-order chi connectivity index (χ1) is 21.9. The monoisotopic (exact) mass is 666 g/mol. The van der Waals surface area contributed by atoms with Crippen molar-refractivity contribution in [3.05, 3.63) is 119 Å². The summed E-state index contributed by atoms with van der Waals surface area (Å²) in [4.78, 5) is 0. The molecular weight excluding hydrogens is 618 g/mol. The summed E-state index contributed by atoms with van der Waals surface area (Å²) in [6.45, 7) is 14.5. The molecule has 0 bridgehead atoms. The lowest BCUT2D eigenvalue weighted by atomic mass is 9.69. The molecule has 0 saturated carbocycles. The smallest absolute Gasteiger partial charge is 0.171 e. The van der Waals surface area contributed by atoms with E-state index in [0.717, 1.165) is 61.1 Å². The highest BCUT2D eigenvalue weighted by Gasteiger charge is 2.49. The van der Waals surface area contributed by atoms with E-state index in [0.29, 0.717) is 23.1 Å². The lowest BCUT2D eigenvalue weighted by Crippen LogP contribution is -2.37. The first-order valence-electron chi connectivity index (χ1n) is 16.5. The van der Waals surface area contributed by atoms with E-state index >= 15 is 0 Å². The van der Waals surface area contributed by atoms with Crippen LogP contribution in [0.5, 0.6) is 0 Å². The second-order valence-electron chi connectivity index (χ2n) is 16.2. The maximum atomic E-state index is 14.3. The quantitative estimate of drug-likeness (QED) is 0.156. The number of benzene rings is 4. The number of hydrogen-bond acceptors (Lipinski definition) is 0. The van der Waals surface area contributed by atoms with Gasteiger partial charge in [-0.15, -0.1) is 0 Å². The molecular formula is C42H48F6. The minimum atomic E-state index is -4.50. The lowest BCUT2D eigenvalue weighted by Gasteiger charge is -2.36. The summed E-state index contributed by atoms with van der Waals surface area (Å²) in [6.07, 6.45) is -9.27. The molecule has 0 aliphatic heterocycles. The predicted molar refractivity (Wildman–Crippen MR) is 186 cm³/mol. The Kier molecular flexibility index (Phi) is 10.1. The van der Waals surface area contributed by atoms with Gasteiger partial charge in [-0.1, -0.05) is 153 Å². The highest BCUT2D eigenvalue weighted by atomic mass is 19.4. The summed E-state index contributed by atoms with van der Waals surface area (Å²) < 4.78 is 86.0. The Bertz CT molecular complexity index is 1590. The molecule has 0 fully saturated rings. The second-order valence-corrected chi connectivity index (χ2v) is 16.2. The highest BCUT2D eigenvalue weighted by Crippen LogP contribution is 2.47. The highest BCUT2D eigenvalue weighted by molar-refractivity contribution is 5.80. The Morgan fingerprint density at radius 3 is 1.15 bits per heavy atom. The van der Waals surface area contributed by atoms with Gasteiger partial charge in [0.1, 0.15) is 0 Å². The summed E-state index contributed by atoms with van der Waals surface area (Å²) >= 11 is 0. The van der Waals surface area contributed by atoms with E-state index in [1.165, 1.54) is 0 Å². The van der Waals surface area contributed by atoms with Crippen LogP contribution >= 0.6 is 0 Å². The molecule has 0 aliphatic carbocycles. The van der Waals surface area contributed by atoms with Crippen molar-refractivity contribution in [2.24, 2.45) is 10.8 Å². The second kappa shape index (κ2) is 13.1. The molecule has 0 N–H and O–H groups in total. The van der Waals surface area contributed by atoms with E-state index in [1.807, 2.05) is 75.4 Å². The van der Waals surface area contributed by atoms with Crippen LogP contribution in [0.4, 0.5) is 26.3 Å². The van der Waals surface area contributed by atoms with E-state index in [2.05, 4.69) is 50.2 Å². The number of hydrogen-bond donors (Lipinski definition) is 0. The molecule has 6 heteroatoms. The molecule has 0 atom stereocenters. The van der Waals surface area contributed by atoms with Crippen molar-refractivity contribution in [2.75, 3.05) is 0 Å². The third-order valence-electron chi connectivity index (χ3n) is 9.47. The molecule has 0 radical (unpaired) electrons. The van der Waals surface area contributed by atoms with Gasteiger partial charge in [0.05, 0.1) is 10.8 Å². The average molecular weight is 667 g/mol. The van der Waals surface area contributed by atoms with Gasteiger partial charge in [0.25, 0.3) is 0 Å². The zero-order valence-corrected chi connectivity index (χ0v) is 29.5. The topological polar surface area (TPSA) is 0 Å². The van der Waals surface area contributed by atoms with E-state index in [9.17, 15) is 26.3 Å². The van der Waals surface area contributed by atoms with Crippen LogP contribution in [0.3, 0.4) is 0 Å². The van der Waals surface area contributed by atoms with Gasteiger partial charge in [-0.05, 0) is 80.2 Å². The Morgan fingerprint density at radius 1 is 0.438 bits per heavy atom. The summed E-state index contributed by atoms with van der Waals surface area (Å²) in [5.41, 5.74) is 1.93. The normalized spacial score (nSPS) is 13.6. The Morgan fingerprint density at radius 2 is 0.812 bits per heavy atom.